The first-order valence-electron chi connectivity index (χ1n) is 9.33. The lowest BCUT2D eigenvalue weighted by Crippen LogP contribution is -2.52. The molecule has 2 unspecified atom stereocenters. The molecule has 4 nitrogen and oxygen atoms in total. The Labute approximate surface area is 146 Å². The molecule has 1 saturated carbocycles. The van der Waals surface area contributed by atoms with Crippen LogP contribution in [0.3, 0.4) is 0 Å². The SMILES string of the molecule is CCN(CC)Cc1ccc(CNC(=O)C2CCCCC2(C)N)cc1. The van der Waals surface area contributed by atoms with Crippen molar-refractivity contribution < 1.29 is 4.79 Å². The molecule has 2 rings (SSSR count). The average molecular weight is 332 g/mol. The van der Waals surface area contributed by atoms with Crippen molar-refractivity contribution in [2.75, 3.05) is 13.1 Å². The van der Waals surface area contributed by atoms with Crippen LogP contribution < -0.4 is 11.1 Å². The van der Waals surface area contributed by atoms with E-state index in [2.05, 4.69) is 48.3 Å². The summed E-state index contributed by atoms with van der Waals surface area (Å²) in [6.07, 6.45) is 4.07. The van der Waals surface area contributed by atoms with Gasteiger partial charge in [-0.25, -0.2) is 0 Å². The summed E-state index contributed by atoms with van der Waals surface area (Å²) in [4.78, 5) is 14.9. The lowest BCUT2D eigenvalue weighted by molar-refractivity contribution is -0.128. The molecule has 1 aliphatic rings. The molecule has 1 aliphatic carbocycles. The van der Waals surface area contributed by atoms with E-state index in [9.17, 15) is 4.79 Å². The van der Waals surface area contributed by atoms with Crippen molar-refractivity contribution in [2.45, 2.75) is 65.1 Å². The molecule has 1 fully saturated rings. The summed E-state index contributed by atoms with van der Waals surface area (Å²) < 4.78 is 0. The predicted molar refractivity (Wildman–Crippen MR) is 99.5 cm³/mol. The van der Waals surface area contributed by atoms with Gasteiger partial charge in [0, 0.05) is 18.6 Å². The van der Waals surface area contributed by atoms with Crippen LogP contribution in [0.15, 0.2) is 24.3 Å². The Morgan fingerprint density at radius 3 is 2.42 bits per heavy atom. The van der Waals surface area contributed by atoms with Gasteiger partial charge in [-0.05, 0) is 44.0 Å². The van der Waals surface area contributed by atoms with Gasteiger partial charge in [0.15, 0.2) is 0 Å². The van der Waals surface area contributed by atoms with Crippen LogP contribution in [0.5, 0.6) is 0 Å². The number of nitrogens with zero attached hydrogens (tertiary/aromatic N) is 1. The van der Waals surface area contributed by atoms with Crippen molar-refractivity contribution in [1.82, 2.24) is 10.2 Å². The quantitative estimate of drug-likeness (QED) is 0.807. The first-order valence-corrected chi connectivity index (χ1v) is 9.33. The molecule has 0 heterocycles. The lowest BCUT2D eigenvalue weighted by Gasteiger charge is -2.37. The molecule has 134 valence electrons. The number of hydrogen-bond acceptors (Lipinski definition) is 3. The van der Waals surface area contributed by atoms with Crippen LogP contribution in [0.25, 0.3) is 0 Å². The second-order valence-corrected chi connectivity index (χ2v) is 7.30. The highest BCUT2D eigenvalue weighted by molar-refractivity contribution is 5.80. The van der Waals surface area contributed by atoms with Crippen LogP contribution in [-0.4, -0.2) is 29.4 Å². The average Bonchev–Trinajstić information content (AvgIpc) is 2.58. The molecule has 4 heteroatoms. The van der Waals surface area contributed by atoms with Crippen molar-refractivity contribution in [3.63, 3.8) is 0 Å². The van der Waals surface area contributed by atoms with Gasteiger partial charge in [-0.1, -0.05) is 51.0 Å². The molecule has 0 saturated heterocycles. The summed E-state index contributed by atoms with van der Waals surface area (Å²) in [7, 11) is 0. The van der Waals surface area contributed by atoms with Crippen molar-refractivity contribution >= 4 is 5.91 Å². The van der Waals surface area contributed by atoms with Gasteiger partial charge in [0.2, 0.25) is 5.91 Å². The summed E-state index contributed by atoms with van der Waals surface area (Å²) in [6, 6.07) is 8.55. The van der Waals surface area contributed by atoms with Crippen LogP contribution in [0.2, 0.25) is 0 Å². The van der Waals surface area contributed by atoms with Gasteiger partial charge in [-0.2, -0.15) is 0 Å². The zero-order valence-corrected chi connectivity index (χ0v) is 15.5. The molecule has 0 radical (unpaired) electrons. The topological polar surface area (TPSA) is 58.4 Å². The van der Waals surface area contributed by atoms with E-state index in [1.54, 1.807) is 0 Å². The molecule has 0 aliphatic heterocycles. The van der Waals surface area contributed by atoms with Gasteiger partial charge in [0.1, 0.15) is 0 Å². The first-order chi connectivity index (χ1) is 11.5. The van der Waals surface area contributed by atoms with Crippen molar-refractivity contribution in [1.29, 1.82) is 0 Å². The third-order valence-corrected chi connectivity index (χ3v) is 5.36. The Morgan fingerprint density at radius 2 is 1.83 bits per heavy atom. The Morgan fingerprint density at radius 1 is 1.21 bits per heavy atom. The van der Waals surface area contributed by atoms with Crippen LogP contribution in [-0.2, 0) is 17.9 Å². The second kappa shape index (κ2) is 8.63. The van der Waals surface area contributed by atoms with Crippen molar-refractivity contribution in [2.24, 2.45) is 11.7 Å². The highest BCUT2D eigenvalue weighted by Gasteiger charge is 2.37. The fourth-order valence-electron chi connectivity index (χ4n) is 3.57. The number of carbonyl (C=O) groups is 1. The van der Waals surface area contributed by atoms with Gasteiger partial charge in [-0.3, -0.25) is 9.69 Å². The molecular formula is C20H33N3O. The molecule has 1 aromatic carbocycles. The van der Waals surface area contributed by atoms with Gasteiger partial charge in [0.05, 0.1) is 5.92 Å². The van der Waals surface area contributed by atoms with E-state index in [0.717, 1.165) is 50.9 Å². The molecule has 3 N–H and O–H groups in total. The predicted octanol–water partition coefficient (Wildman–Crippen LogP) is 3.05. The van der Waals surface area contributed by atoms with E-state index >= 15 is 0 Å². The highest BCUT2D eigenvalue weighted by atomic mass is 16.1. The smallest absolute Gasteiger partial charge is 0.225 e. The fraction of sp³-hybridized carbons (Fsp3) is 0.650. The maximum atomic E-state index is 12.5. The summed E-state index contributed by atoms with van der Waals surface area (Å²) in [5, 5.41) is 3.08. The highest BCUT2D eigenvalue weighted by Crippen LogP contribution is 2.31. The summed E-state index contributed by atoms with van der Waals surface area (Å²) in [6.45, 7) is 10.1. The van der Waals surface area contributed by atoms with Gasteiger partial charge in [0.25, 0.3) is 0 Å². The number of hydrogen-bond donors (Lipinski definition) is 2. The number of amides is 1. The van der Waals surface area contributed by atoms with Crippen molar-refractivity contribution in [3.05, 3.63) is 35.4 Å². The summed E-state index contributed by atoms with van der Waals surface area (Å²) >= 11 is 0. The molecule has 1 amide bonds. The first kappa shape index (κ1) is 18.9. The lowest BCUT2D eigenvalue weighted by atomic mass is 9.74. The van der Waals surface area contributed by atoms with Crippen molar-refractivity contribution in [3.8, 4) is 0 Å². The minimum Gasteiger partial charge on any atom is -0.352 e. The Hall–Kier alpha value is -1.39. The molecule has 0 spiro atoms. The minimum atomic E-state index is -0.365. The van der Waals surface area contributed by atoms with E-state index in [4.69, 9.17) is 5.73 Å². The zero-order valence-electron chi connectivity index (χ0n) is 15.5. The number of rotatable bonds is 7. The Balaban J connectivity index is 1.86. The third-order valence-electron chi connectivity index (χ3n) is 5.36. The van der Waals surface area contributed by atoms with E-state index in [1.165, 1.54) is 5.56 Å². The molecule has 24 heavy (non-hydrogen) atoms. The van der Waals surface area contributed by atoms with E-state index in [1.807, 2.05) is 6.92 Å². The minimum absolute atomic E-state index is 0.0619. The third kappa shape index (κ3) is 5.05. The second-order valence-electron chi connectivity index (χ2n) is 7.30. The number of nitrogens with two attached hydrogens (primary N) is 1. The fourth-order valence-corrected chi connectivity index (χ4v) is 3.57. The maximum Gasteiger partial charge on any atom is 0.225 e. The van der Waals surface area contributed by atoms with E-state index in [0.29, 0.717) is 6.54 Å². The standard InChI is InChI=1S/C20H33N3O/c1-4-23(5-2)15-17-11-9-16(10-12-17)14-22-19(24)18-8-6-7-13-20(18,3)21/h9-12,18H,4-8,13-15,21H2,1-3H3,(H,22,24). The summed E-state index contributed by atoms with van der Waals surface area (Å²) in [5.74, 6) is 0.0418. The zero-order chi connectivity index (χ0) is 17.6. The summed E-state index contributed by atoms with van der Waals surface area (Å²) in [5.41, 5.74) is 8.41. The number of nitrogens with one attached hydrogen (secondary N) is 1. The maximum absolute atomic E-state index is 12.5. The van der Waals surface area contributed by atoms with E-state index in [-0.39, 0.29) is 17.4 Å². The van der Waals surface area contributed by atoms with Gasteiger partial charge in [-0.15, -0.1) is 0 Å². The monoisotopic (exact) mass is 331 g/mol. The normalized spacial score (nSPS) is 24.1. The molecule has 0 bridgehead atoms. The van der Waals surface area contributed by atoms with Crippen LogP contribution in [0.4, 0.5) is 0 Å². The number of carbonyl (C=O) groups excluding carboxylic acids is 1. The van der Waals surface area contributed by atoms with E-state index < -0.39 is 0 Å². The number of benzene rings is 1. The van der Waals surface area contributed by atoms with Gasteiger partial charge < -0.3 is 11.1 Å². The molecule has 1 aromatic rings. The van der Waals surface area contributed by atoms with Crippen LogP contribution in [0, 0.1) is 5.92 Å². The molecule has 0 aromatic heterocycles. The van der Waals surface area contributed by atoms with Crippen LogP contribution in [0.1, 0.15) is 57.6 Å². The van der Waals surface area contributed by atoms with Gasteiger partial charge >= 0.3 is 0 Å². The Kier molecular flexibility index (Phi) is 6.81. The van der Waals surface area contributed by atoms with Crippen LogP contribution >= 0.6 is 0 Å². The molecule has 2 atom stereocenters. The molecular weight excluding hydrogens is 298 g/mol. The Bertz CT molecular complexity index is 520. The largest absolute Gasteiger partial charge is 0.352 e.